The standard InChI is InChI=1S/C16H19N5O6/c1-25-8-2-3-26-9(8)4-17-14-11-15(19-6-18-14)21(7-20-11)16-13(24)12(23)10(5-22)27-16/h2-3,6-7,10,12-13,16,22-24H,4-5H2,1H3,(H,17,18,19)/t10-,12-,13+,16?/m1/s1. The number of fused-ring (bicyclic) bond motifs is 1. The summed E-state index contributed by atoms with van der Waals surface area (Å²) in [6.45, 7) is -0.0862. The molecule has 1 unspecified atom stereocenters. The molecule has 4 rings (SSSR count). The number of ether oxygens (including phenoxy) is 2. The van der Waals surface area contributed by atoms with Crippen molar-refractivity contribution in [2.24, 2.45) is 0 Å². The van der Waals surface area contributed by atoms with Gasteiger partial charge < -0.3 is 34.5 Å². The Morgan fingerprint density at radius 3 is 2.85 bits per heavy atom. The minimum absolute atomic E-state index is 0.322. The van der Waals surface area contributed by atoms with Crippen LogP contribution in [-0.2, 0) is 11.3 Å². The molecule has 0 saturated carbocycles. The highest BCUT2D eigenvalue weighted by atomic mass is 16.6. The van der Waals surface area contributed by atoms with Gasteiger partial charge in [-0.05, 0) is 0 Å². The summed E-state index contributed by atoms with van der Waals surface area (Å²) in [4.78, 5) is 12.7. The summed E-state index contributed by atoms with van der Waals surface area (Å²) in [5.41, 5.74) is 0.870. The van der Waals surface area contributed by atoms with Crippen molar-refractivity contribution in [1.29, 1.82) is 0 Å². The smallest absolute Gasteiger partial charge is 0.167 e. The molecule has 3 aromatic rings. The Morgan fingerprint density at radius 1 is 1.26 bits per heavy atom. The zero-order chi connectivity index (χ0) is 19.0. The van der Waals surface area contributed by atoms with Crippen LogP contribution in [0.4, 0.5) is 5.82 Å². The van der Waals surface area contributed by atoms with Crippen molar-refractivity contribution in [1.82, 2.24) is 19.5 Å². The van der Waals surface area contributed by atoms with E-state index < -0.39 is 31.1 Å². The number of aliphatic hydroxyl groups is 3. The van der Waals surface area contributed by atoms with E-state index in [0.717, 1.165) is 0 Å². The predicted octanol–water partition coefficient (Wildman–Crippen LogP) is -0.349. The van der Waals surface area contributed by atoms with Gasteiger partial charge in [0.2, 0.25) is 0 Å². The largest absolute Gasteiger partial charge is 0.493 e. The molecule has 0 bridgehead atoms. The summed E-state index contributed by atoms with van der Waals surface area (Å²) < 4.78 is 17.6. The second-order valence-corrected chi connectivity index (χ2v) is 6.04. The molecule has 1 aliphatic heterocycles. The van der Waals surface area contributed by atoms with Gasteiger partial charge in [0.1, 0.15) is 24.6 Å². The van der Waals surface area contributed by atoms with E-state index in [4.69, 9.17) is 13.9 Å². The van der Waals surface area contributed by atoms with Crippen LogP contribution >= 0.6 is 0 Å². The molecule has 0 amide bonds. The molecule has 4 N–H and O–H groups in total. The van der Waals surface area contributed by atoms with Crippen molar-refractivity contribution in [3.63, 3.8) is 0 Å². The van der Waals surface area contributed by atoms with Gasteiger partial charge in [-0.25, -0.2) is 15.0 Å². The number of aromatic nitrogens is 4. The van der Waals surface area contributed by atoms with Crippen LogP contribution in [0.15, 0.2) is 29.4 Å². The first-order chi connectivity index (χ1) is 13.1. The Morgan fingerprint density at radius 2 is 2.11 bits per heavy atom. The minimum atomic E-state index is -1.22. The van der Waals surface area contributed by atoms with Gasteiger partial charge in [0, 0.05) is 6.07 Å². The van der Waals surface area contributed by atoms with E-state index in [1.54, 1.807) is 13.2 Å². The van der Waals surface area contributed by atoms with Crippen molar-refractivity contribution in [2.45, 2.75) is 31.1 Å². The van der Waals surface area contributed by atoms with E-state index in [9.17, 15) is 15.3 Å². The molecule has 11 heteroatoms. The fourth-order valence-electron chi connectivity index (χ4n) is 3.08. The lowest BCUT2D eigenvalue weighted by Crippen LogP contribution is -2.33. The van der Waals surface area contributed by atoms with Gasteiger partial charge in [-0.2, -0.15) is 0 Å². The maximum Gasteiger partial charge on any atom is 0.167 e. The molecule has 0 spiro atoms. The number of imidazole rings is 1. The van der Waals surface area contributed by atoms with Crippen LogP contribution in [0.2, 0.25) is 0 Å². The lowest BCUT2D eigenvalue weighted by molar-refractivity contribution is -0.0511. The maximum absolute atomic E-state index is 10.2. The van der Waals surface area contributed by atoms with Gasteiger partial charge in [-0.1, -0.05) is 0 Å². The van der Waals surface area contributed by atoms with E-state index in [1.807, 2.05) is 0 Å². The van der Waals surface area contributed by atoms with E-state index in [0.29, 0.717) is 35.0 Å². The molecule has 11 nitrogen and oxygen atoms in total. The first-order valence-electron chi connectivity index (χ1n) is 8.28. The number of hydrogen-bond donors (Lipinski definition) is 4. The van der Waals surface area contributed by atoms with Gasteiger partial charge in [0.05, 0.1) is 32.9 Å². The monoisotopic (exact) mass is 377 g/mol. The van der Waals surface area contributed by atoms with E-state index >= 15 is 0 Å². The van der Waals surface area contributed by atoms with Crippen LogP contribution in [0, 0.1) is 0 Å². The van der Waals surface area contributed by atoms with E-state index in [-0.39, 0.29) is 0 Å². The molecule has 144 valence electrons. The Kier molecular flexibility index (Phi) is 4.66. The van der Waals surface area contributed by atoms with Gasteiger partial charge >= 0.3 is 0 Å². The topological polar surface area (TPSA) is 148 Å². The molecule has 0 radical (unpaired) electrons. The van der Waals surface area contributed by atoms with Crippen molar-refractivity contribution < 1.29 is 29.2 Å². The average molecular weight is 377 g/mol. The first-order valence-corrected chi connectivity index (χ1v) is 8.28. The molecule has 1 saturated heterocycles. The Bertz CT molecular complexity index is 927. The third-order valence-electron chi connectivity index (χ3n) is 4.49. The third-order valence-corrected chi connectivity index (χ3v) is 4.49. The molecule has 4 heterocycles. The minimum Gasteiger partial charge on any atom is -0.493 e. The fraction of sp³-hybridized carbons (Fsp3) is 0.438. The highest BCUT2D eigenvalue weighted by molar-refractivity contribution is 5.82. The number of anilines is 1. The van der Waals surface area contributed by atoms with Gasteiger partial charge in [0.15, 0.2) is 34.7 Å². The van der Waals surface area contributed by atoms with Crippen LogP contribution in [-0.4, -0.2) is 66.9 Å². The summed E-state index contributed by atoms with van der Waals surface area (Å²) in [6, 6.07) is 1.71. The molecule has 3 aromatic heterocycles. The molecule has 27 heavy (non-hydrogen) atoms. The van der Waals surface area contributed by atoms with Gasteiger partial charge in [0.25, 0.3) is 0 Å². The normalized spacial score (nSPS) is 25.2. The second-order valence-electron chi connectivity index (χ2n) is 6.04. The zero-order valence-electron chi connectivity index (χ0n) is 14.4. The fourth-order valence-corrected chi connectivity index (χ4v) is 3.08. The molecular weight excluding hydrogens is 358 g/mol. The molecule has 1 fully saturated rings. The third kappa shape index (κ3) is 3.00. The van der Waals surface area contributed by atoms with Crippen molar-refractivity contribution >= 4 is 17.0 Å². The maximum atomic E-state index is 10.2. The van der Waals surface area contributed by atoms with Gasteiger partial charge in [-0.3, -0.25) is 4.57 Å². The van der Waals surface area contributed by atoms with Gasteiger partial charge in [-0.15, -0.1) is 0 Å². The number of nitrogens with one attached hydrogen (secondary N) is 1. The highest BCUT2D eigenvalue weighted by Crippen LogP contribution is 2.32. The van der Waals surface area contributed by atoms with E-state index in [1.165, 1.54) is 23.5 Å². The van der Waals surface area contributed by atoms with Crippen LogP contribution in [0.1, 0.15) is 12.0 Å². The Hall–Kier alpha value is -2.73. The molecule has 1 aliphatic rings. The molecule has 0 aromatic carbocycles. The average Bonchev–Trinajstić information content (AvgIpc) is 3.38. The van der Waals surface area contributed by atoms with E-state index in [2.05, 4.69) is 20.3 Å². The highest BCUT2D eigenvalue weighted by Gasteiger charge is 2.44. The lowest BCUT2D eigenvalue weighted by atomic mass is 10.1. The summed E-state index contributed by atoms with van der Waals surface area (Å²) in [6.07, 6.45) is 0.0916. The molecule has 4 atom stereocenters. The quantitative estimate of drug-likeness (QED) is 0.449. The van der Waals surface area contributed by atoms with Crippen LogP contribution in [0.5, 0.6) is 5.75 Å². The van der Waals surface area contributed by atoms with Crippen LogP contribution in [0.25, 0.3) is 11.2 Å². The number of nitrogens with zero attached hydrogens (tertiary/aromatic N) is 4. The van der Waals surface area contributed by atoms with Crippen molar-refractivity contribution in [3.8, 4) is 5.75 Å². The Labute approximate surface area is 153 Å². The zero-order valence-corrected chi connectivity index (χ0v) is 14.4. The number of rotatable bonds is 6. The molecule has 0 aliphatic carbocycles. The predicted molar refractivity (Wildman–Crippen MR) is 90.9 cm³/mol. The number of furan rings is 1. The number of aliphatic hydroxyl groups excluding tert-OH is 3. The first kappa shape index (κ1) is 17.7. The SMILES string of the molecule is COc1ccoc1CNc1ncnc2c1ncn2C1O[C@H](CO)[C@@H](O)[C@@H]1O. The Balaban J connectivity index is 1.60. The summed E-state index contributed by atoms with van der Waals surface area (Å²) >= 11 is 0. The van der Waals surface area contributed by atoms with Crippen molar-refractivity contribution in [3.05, 3.63) is 30.7 Å². The number of hydrogen-bond acceptors (Lipinski definition) is 10. The van der Waals surface area contributed by atoms with Crippen LogP contribution < -0.4 is 10.1 Å². The summed E-state index contributed by atoms with van der Waals surface area (Å²) in [7, 11) is 1.56. The number of methoxy groups -OCH3 is 1. The second kappa shape index (κ2) is 7.12. The van der Waals surface area contributed by atoms with Crippen LogP contribution in [0.3, 0.4) is 0 Å². The lowest BCUT2D eigenvalue weighted by Gasteiger charge is -2.16. The molecular formula is C16H19N5O6. The summed E-state index contributed by atoms with van der Waals surface area (Å²) in [5.74, 6) is 1.68. The summed E-state index contributed by atoms with van der Waals surface area (Å²) in [5, 5.41) is 32.6. The van der Waals surface area contributed by atoms with Crippen molar-refractivity contribution in [2.75, 3.05) is 19.0 Å².